The fraction of sp³-hybridized carbons (Fsp3) is 0.667. The van der Waals surface area contributed by atoms with Gasteiger partial charge in [-0.05, 0) is 12.3 Å². The normalized spacial score (nSPS) is 13.1. The summed E-state index contributed by atoms with van der Waals surface area (Å²) in [6.07, 6.45) is 1.94. The topological polar surface area (TPSA) is 44.1 Å². The van der Waals surface area contributed by atoms with Crippen LogP contribution in [0.25, 0.3) is 0 Å². The summed E-state index contributed by atoms with van der Waals surface area (Å²) >= 11 is 6.02. The van der Waals surface area contributed by atoms with E-state index in [1.165, 1.54) is 13.3 Å². The third-order valence-electron chi connectivity index (χ3n) is 2.58. The van der Waals surface area contributed by atoms with Gasteiger partial charge in [0.15, 0.2) is 0 Å². The zero-order chi connectivity index (χ0) is 13.0. The zero-order valence-corrected chi connectivity index (χ0v) is 11.5. The minimum Gasteiger partial charge on any atom is -0.373 e. The third kappa shape index (κ3) is 3.07. The molecule has 1 rings (SSSR count). The third-order valence-corrected chi connectivity index (χ3v) is 2.86. The van der Waals surface area contributed by atoms with Gasteiger partial charge < -0.3 is 4.74 Å². The van der Waals surface area contributed by atoms with Crippen molar-refractivity contribution in [1.29, 1.82) is 0 Å². The van der Waals surface area contributed by atoms with Gasteiger partial charge in [0, 0.05) is 13.7 Å². The van der Waals surface area contributed by atoms with Crippen LogP contribution in [0.3, 0.4) is 0 Å². The molecule has 0 N–H and O–H groups in total. The molecule has 0 saturated heterocycles. The number of hydrogen-bond donors (Lipinski definition) is 0. The molecule has 1 atom stereocenters. The van der Waals surface area contributed by atoms with Gasteiger partial charge in [0.25, 0.3) is 0 Å². The van der Waals surface area contributed by atoms with Gasteiger partial charge in [0.2, 0.25) is 5.78 Å². The van der Waals surface area contributed by atoms with Crippen molar-refractivity contribution < 1.29 is 9.53 Å². The Labute approximate surface area is 107 Å². The lowest BCUT2D eigenvalue weighted by molar-refractivity contribution is 0.0448. The van der Waals surface area contributed by atoms with Gasteiger partial charge in [-0.3, -0.25) is 9.48 Å². The number of halogens is 1. The van der Waals surface area contributed by atoms with Crippen LogP contribution in [0.15, 0.2) is 6.20 Å². The first-order chi connectivity index (χ1) is 8.02. The number of ketones is 1. The highest BCUT2D eigenvalue weighted by molar-refractivity contribution is 6.33. The number of rotatable bonds is 6. The summed E-state index contributed by atoms with van der Waals surface area (Å²) in [5.74, 6) is 0.00648. The number of aryl methyl sites for hydroxylation is 1. The van der Waals surface area contributed by atoms with Crippen LogP contribution in [0.5, 0.6) is 0 Å². The number of carbonyl (C=O) groups is 1. The van der Waals surface area contributed by atoms with Gasteiger partial charge in [0.1, 0.15) is 11.8 Å². The minimum absolute atomic E-state index is 0.0987. The largest absolute Gasteiger partial charge is 0.373 e. The summed E-state index contributed by atoms with van der Waals surface area (Å²) in [4.78, 5) is 12.3. The van der Waals surface area contributed by atoms with Crippen LogP contribution in [0.2, 0.25) is 5.02 Å². The van der Waals surface area contributed by atoms with Crippen molar-refractivity contribution in [2.75, 3.05) is 7.11 Å². The highest BCUT2D eigenvalue weighted by Gasteiger charge is 2.28. The molecule has 96 valence electrons. The first-order valence-corrected chi connectivity index (χ1v) is 6.19. The summed E-state index contributed by atoms with van der Waals surface area (Å²) in [6, 6.07) is 0. The van der Waals surface area contributed by atoms with E-state index in [1.54, 1.807) is 4.68 Å². The highest BCUT2D eigenvalue weighted by Crippen LogP contribution is 2.21. The first-order valence-electron chi connectivity index (χ1n) is 5.81. The summed E-state index contributed by atoms with van der Waals surface area (Å²) in [5, 5.41) is 4.51. The van der Waals surface area contributed by atoms with Crippen molar-refractivity contribution in [1.82, 2.24) is 9.78 Å². The number of Topliss-reactive ketones (excluding diaryl/α,β-unsaturated/α-hetero) is 1. The molecule has 0 amide bonds. The van der Waals surface area contributed by atoms with E-state index < -0.39 is 6.10 Å². The highest BCUT2D eigenvalue weighted by atomic mass is 35.5. The molecule has 0 bridgehead atoms. The molecule has 0 radical (unpaired) electrons. The van der Waals surface area contributed by atoms with Crippen LogP contribution in [0, 0.1) is 5.92 Å². The van der Waals surface area contributed by atoms with Crippen molar-refractivity contribution in [3.8, 4) is 0 Å². The van der Waals surface area contributed by atoms with Crippen LogP contribution < -0.4 is 0 Å². The van der Waals surface area contributed by atoms with E-state index in [9.17, 15) is 4.79 Å². The average Bonchev–Trinajstić information content (AvgIpc) is 2.60. The molecule has 5 heteroatoms. The molecule has 0 fully saturated rings. The van der Waals surface area contributed by atoms with E-state index in [0.29, 0.717) is 17.3 Å². The number of carbonyl (C=O) groups excluding carboxylic acids is 1. The second kappa shape index (κ2) is 6.17. The van der Waals surface area contributed by atoms with Crippen LogP contribution in [-0.2, 0) is 11.3 Å². The Morgan fingerprint density at radius 3 is 2.71 bits per heavy atom. The second-order valence-electron chi connectivity index (χ2n) is 4.33. The molecular formula is C12H19ClN2O2. The van der Waals surface area contributed by atoms with Gasteiger partial charge in [-0.1, -0.05) is 32.4 Å². The Balaban J connectivity index is 3.05. The molecule has 0 aliphatic carbocycles. The zero-order valence-electron chi connectivity index (χ0n) is 10.7. The van der Waals surface area contributed by atoms with Crippen LogP contribution in [0.4, 0.5) is 0 Å². The number of methoxy groups -OCH3 is 1. The van der Waals surface area contributed by atoms with Gasteiger partial charge in [-0.25, -0.2) is 0 Å². The standard InChI is InChI=1S/C12H19ClN2O2/c1-5-6-15-10(9(13)7-14-15)11(16)12(17-4)8(2)3/h7-8,12H,5-6H2,1-4H3. The molecule has 17 heavy (non-hydrogen) atoms. The molecule has 0 aliphatic heterocycles. The van der Waals surface area contributed by atoms with Gasteiger partial charge in [0.05, 0.1) is 11.2 Å². The molecule has 1 aromatic rings. The summed E-state index contributed by atoms with van der Waals surface area (Å²) in [7, 11) is 1.54. The van der Waals surface area contributed by atoms with Gasteiger partial charge in [-0.15, -0.1) is 0 Å². The Morgan fingerprint density at radius 1 is 1.59 bits per heavy atom. The molecule has 1 unspecified atom stereocenters. The van der Waals surface area contributed by atoms with E-state index in [4.69, 9.17) is 16.3 Å². The van der Waals surface area contributed by atoms with Gasteiger partial charge in [-0.2, -0.15) is 5.10 Å². The number of hydrogen-bond acceptors (Lipinski definition) is 3. The van der Waals surface area contributed by atoms with Crippen molar-refractivity contribution in [2.24, 2.45) is 5.92 Å². The number of nitrogens with zero attached hydrogens (tertiary/aromatic N) is 2. The lowest BCUT2D eigenvalue weighted by Gasteiger charge is -2.18. The fourth-order valence-electron chi connectivity index (χ4n) is 1.81. The van der Waals surface area contributed by atoms with Crippen LogP contribution in [-0.4, -0.2) is 28.8 Å². The van der Waals surface area contributed by atoms with E-state index in [1.807, 2.05) is 20.8 Å². The fourth-order valence-corrected chi connectivity index (χ4v) is 2.04. The molecule has 0 aromatic carbocycles. The van der Waals surface area contributed by atoms with Crippen molar-refractivity contribution in [3.05, 3.63) is 16.9 Å². The average molecular weight is 259 g/mol. The minimum atomic E-state index is -0.472. The Hall–Kier alpha value is -0.870. The summed E-state index contributed by atoms with van der Waals surface area (Å²) < 4.78 is 6.89. The molecular weight excluding hydrogens is 240 g/mol. The quantitative estimate of drug-likeness (QED) is 0.737. The van der Waals surface area contributed by atoms with Crippen molar-refractivity contribution >= 4 is 17.4 Å². The molecule has 0 spiro atoms. The maximum atomic E-state index is 12.3. The maximum Gasteiger partial charge on any atom is 0.211 e. The monoisotopic (exact) mass is 258 g/mol. The second-order valence-corrected chi connectivity index (χ2v) is 4.74. The first kappa shape index (κ1) is 14.2. The Morgan fingerprint density at radius 2 is 2.24 bits per heavy atom. The van der Waals surface area contributed by atoms with E-state index in [-0.39, 0.29) is 11.7 Å². The lowest BCUT2D eigenvalue weighted by atomic mass is 10.0. The van der Waals surface area contributed by atoms with Crippen LogP contribution >= 0.6 is 11.6 Å². The van der Waals surface area contributed by atoms with E-state index in [2.05, 4.69) is 5.10 Å². The predicted octanol–water partition coefficient (Wildman–Crippen LogP) is 2.80. The number of ether oxygens (including phenoxy) is 1. The predicted molar refractivity (Wildman–Crippen MR) is 67.5 cm³/mol. The molecule has 1 heterocycles. The van der Waals surface area contributed by atoms with Gasteiger partial charge >= 0.3 is 0 Å². The molecule has 0 aliphatic rings. The molecule has 4 nitrogen and oxygen atoms in total. The Kier molecular flexibility index (Phi) is 5.15. The Bertz CT molecular complexity index is 388. The summed E-state index contributed by atoms with van der Waals surface area (Å²) in [6.45, 7) is 6.60. The summed E-state index contributed by atoms with van der Waals surface area (Å²) in [5.41, 5.74) is 0.453. The van der Waals surface area contributed by atoms with Crippen LogP contribution in [0.1, 0.15) is 37.7 Å². The maximum absolute atomic E-state index is 12.3. The lowest BCUT2D eigenvalue weighted by Crippen LogP contribution is -2.30. The molecule has 1 aromatic heterocycles. The molecule has 0 saturated carbocycles. The van der Waals surface area contributed by atoms with Crippen molar-refractivity contribution in [2.45, 2.75) is 39.8 Å². The SMILES string of the molecule is CCCn1ncc(Cl)c1C(=O)C(OC)C(C)C. The van der Waals surface area contributed by atoms with E-state index >= 15 is 0 Å². The van der Waals surface area contributed by atoms with Crippen molar-refractivity contribution in [3.63, 3.8) is 0 Å². The number of aromatic nitrogens is 2. The van der Waals surface area contributed by atoms with E-state index in [0.717, 1.165) is 6.42 Å². The smallest absolute Gasteiger partial charge is 0.211 e.